The van der Waals surface area contributed by atoms with Gasteiger partial charge in [-0.2, -0.15) is 0 Å². The molecule has 2 radical (unpaired) electrons. The highest BCUT2D eigenvalue weighted by Gasteiger charge is 1.75. The fourth-order valence-corrected chi connectivity index (χ4v) is 0.237. The first kappa shape index (κ1) is 5.92. The SMILES string of the molecule is C[N]CCC[NH]. The molecule has 6 heavy (non-hydrogen) atoms. The maximum atomic E-state index is 6.65. The van der Waals surface area contributed by atoms with E-state index in [-0.39, 0.29) is 0 Å². The van der Waals surface area contributed by atoms with Crippen molar-refractivity contribution in [2.45, 2.75) is 6.42 Å². The lowest BCUT2D eigenvalue weighted by Gasteiger charge is -1.86. The van der Waals surface area contributed by atoms with E-state index in [1.165, 1.54) is 0 Å². The Bertz CT molecular complexity index is 17.5. The van der Waals surface area contributed by atoms with Crippen LogP contribution in [0.2, 0.25) is 0 Å². The smallest absolute Gasteiger partial charge is 0.0142 e. The Morgan fingerprint density at radius 1 is 1.67 bits per heavy atom. The zero-order chi connectivity index (χ0) is 4.83. The molecule has 2 heteroatoms. The van der Waals surface area contributed by atoms with E-state index in [4.69, 9.17) is 5.73 Å². The van der Waals surface area contributed by atoms with Crippen LogP contribution < -0.4 is 11.1 Å². The van der Waals surface area contributed by atoms with Gasteiger partial charge in [-0.25, -0.2) is 5.32 Å². The standard InChI is InChI=1S/C4H10N2/c1-6-4-2-3-5/h5H,2-4H2,1H3. The molecule has 0 amide bonds. The first-order valence-electron chi connectivity index (χ1n) is 2.12. The number of nitrogens with zero attached hydrogens (tertiary/aromatic N) is 1. The zero-order valence-corrected chi connectivity index (χ0v) is 4.07. The fourth-order valence-electron chi connectivity index (χ4n) is 0.237. The third kappa shape index (κ3) is 3.92. The molecule has 2 nitrogen and oxygen atoms in total. The van der Waals surface area contributed by atoms with Crippen LogP contribution in [0.5, 0.6) is 0 Å². The maximum absolute atomic E-state index is 6.65. The molecule has 0 rings (SSSR count). The summed E-state index contributed by atoms with van der Waals surface area (Å²) in [4.78, 5) is 0. The van der Waals surface area contributed by atoms with Crippen LogP contribution in [0.3, 0.4) is 0 Å². The van der Waals surface area contributed by atoms with E-state index in [9.17, 15) is 0 Å². The van der Waals surface area contributed by atoms with Crippen molar-refractivity contribution >= 4 is 0 Å². The highest BCUT2D eigenvalue weighted by Crippen LogP contribution is 1.66. The molecule has 0 unspecified atom stereocenters. The molecule has 0 spiro atoms. The van der Waals surface area contributed by atoms with Crippen molar-refractivity contribution in [2.24, 2.45) is 0 Å². The van der Waals surface area contributed by atoms with Crippen molar-refractivity contribution in [3.63, 3.8) is 0 Å². The van der Waals surface area contributed by atoms with E-state index in [1.807, 2.05) is 0 Å². The van der Waals surface area contributed by atoms with E-state index in [0.717, 1.165) is 13.0 Å². The van der Waals surface area contributed by atoms with Gasteiger partial charge in [-0.15, -0.1) is 0 Å². The van der Waals surface area contributed by atoms with Gasteiger partial charge in [0.15, 0.2) is 0 Å². The molecule has 0 saturated heterocycles. The van der Waals surface area contributed by atoms with Crippen LogP contribution in [0.25, 0.3) is 0 Å². The first-order valence-corrected chi connectivity index (χ1v) is 2.12. The summed E-state index contributed by atoms with van der Waals surface area (Å²) in [5.41, 5.74) is 6.65. The second-order valence-electron chi connectivity index (χ2n) is 1.14. The Morgan fingerprint density at radius 2 is 2.33 bits per heavy atom. The Kier molecular flexibility index (Phi) is 4.85. The highest BCUT2D eigenvalue weighted by molar-refractivity contribution is 4.37. The molecular formula is C4H10N2. The molecule has 1 N–H and O–H groups in total. The summed E-state index contributed by atoms with van der Waals surface area (Å²) in [6, 6.07) is 0. The first-order chi connectivity index (χ1) is 2.91. The number of hydrogen-bond donors (Lipinski definition) is 0. The summed E-state index contributed by atoms with van der Waals surface area (Å²) >= 11 is 0. The average Bonchev–Trinajstić information content (AvgIpc) is 1.61. The average molecular weight is 86.1 g/mol. The van der Waals surface area contributed by atoms with Crippen LogP contribution in [-0.4, -0.2) is 20.1 Å². The van der Waals surface area contributed by atoms with E-state index in [1.54, 1.807) is 7.05 Å². The summed E-state index contributed by atoms with van der Waals surface area (Å²) < 4.78 is 0. The monoisotopic (exact) mass is 86.1 g/mol. The van der Waals surface area contributed by atoms with E-state index < -0.39 is 0 Å². The van der Waals surface area contributed by atoms with Crippen LogP contribution in [-0.2, 0) is 0 Å². The minimum absolute atomic E-state index is 0.511. The summed E-state index contributed by atoms with van der Waals surface area (Å²) in [7, 11) is 1.77. The number of hydrogen-bond acceptors (Lipinski definition) is 0. The molecule has 0 fully saturated rings. The zero-order valence-electron chi connectivity index (χ0n) is 4.07. The lowest BCUT2D eigenvalue weighted by Crippen LogP contribution is -2.01. The summed E-state index contributed by atoms with van der Waals surface area (Å²) in [6.07, 6.45) is 0.913. The predicted octanol–water partition coefficient (Wildman–Crippen LogP) is -0.106. The summed E-state index contributed by atoms with van der Waals surface area (Å²) in [5, 5.41) is 3.81. The van der Waals surface area contributed by atoms with E-state index in [2.05, 4.69) is 5.32 Å². The second-order valence-corrected chi connectivity index (χ2v) is 1.14. The maximum Gasteiger partial charge on any atom is 0.0142 e. The molecule has 0 aliphatic rings. The molecular weight excluding hydrogens is 76.1 g/mol. The summed E-state index contributed by atoms with van der Waals surface area (Å²) in [5.74, 6) is 0. The van der Waals surface area contributed by atoms with Crippen molar-refractivity contribution in [1.82, 2.24) is 11.1 Å². The molecule has 36 valence electrons. The van der Waals surface area contributed by atoms with Gasteiger partial charge in [-0.1, -0.05) is 0 Å². The van der Waals surface area contributed by atoms with Crippen molar-refractivity contribution in [2.75, 3.05) is 20.1 Å². The molecule has 0 bridgehead atoms. The van der Waals surface area contributed by atoms with E-state index >= 15 is 0 Å². The molecule has 0 atom stereocenters. The lowest BCUT2D eigenvalue weighted by molar-refractivity contribution is 0.715. The quantitative estimate of drug-likeness (QED) is 0.430. The van der Waals surface area contributed by atoms with Crippen molar-refractivity contribution in [1.29, 1.82) is 0 Å². The molecule has 0 aromatic rings. The Balaban J connectivity index is 2.34. The normalized spacial score (nSPS) is 9.00. The third-order valence-corrected chi connectivity index (χ3v) is 0.558. The van der Waals surface area contributed by atoms with Gasteiger partial charge in [-0.05, 0) is 6.42 Å². The number of nitrogens with one attached hydrogen (secondary N) is 1. The highest BCUT2D eigenvalue weighted by atomic mass is 14.8. The van der Waals surface area contributed by atoms with Crippen LogP contribution in [0.15, 0.2) is 0 Å². The molecule has 0 aromatic heterocycles. The Hall–Kier alpha value is -0.0800. The molecule has 0 aromatic carbocycles. The van der Waals surface area contributed by atoms with Crippen LogP contribution >= 0.6 is 0 Å². The van der Waals surface area contributed by atoms with Crippen molar-refractivity contribution in [3.8, 4) is 0 Å². The van der Waals surface area contributed by atoms with Gasteiger partial charge < -0.3 is 0 Å². The van der Waals surface area contributed by atoms with Gasteiger partial charge in [0, 0.05) is 20.1 Å². The van der Waals surface area contributed by atoms with Gasteiger partial charge in [-0.3, -0.25) is 5.73 Å². The molecule has 0 heterocycles. The minimum Gasteiger partial charge on any atom is -0.258 e. The second kappa shape index (κ2) is 4.92. The topological polar surface area (TPSA) is 37.9 Å². The van der Waals surface area contributed by atoms with Gasteiger partial charge >= 0.3 is 0 Å². The fraction of sp³-hybridized carbons (Fsp3) is 1.00. The van der Waals surface area contributed by atoms with E-state index in [0.29, 0.717) is 6.54 Å². The molecule has 0 aliphatic carbocycles. The number of rotatable bonds is 3. The van der Waals surface area contributed by atoms with Crippen LogP contribution in [0, 0.1) is 0 Å². The lowest BCUT2D eigenvalue weighted by atomic mass is 10.4. The van der Waals surface area contributed by atoms with Crippen LogP contribution in [0.1, 0.15) is 6.42 Å². The predicted molar refractivity (Wildman–Crippen MR) is 25.5 cm³/mol. The van der Waals surface area contributed by atoms with Gasteiger partial charge in [0.05, 0.1) is 0 Å². The third-order valence-electron chi connectivity index (χ3n) is 0.558. The van der Waals surface area contributed by atoms with Gasteiger partial charge in [0.1, 0.15) is 0 Å². The van der Waals surface area contributed by atoms with Crippen molar-refractivity contribution in [3.05, 3.63) is 0 Å². The summed E-state index contributed by atoms with van der Waals surface area (Å²) in [6.45, 7) is 1.36. The van der Waals surface area contributed by atoms with Crippen molar-refractivity contribution < 1.29 is 0 Å². The Labute approximate surface area is 38.7 Å². The largest absolute Gasteiger partial charge is 0.258 e. The van der Waals surface area contributed by atoms with Gasteiger partial charge in [0.25, 0.3) is 0 Å². The van der Waals surface area contributed by atoms with Gasteiger partial charge in [0.2, 0.25) is 0 Å². The molecule has 0 aliphatic heterocycles. The Morgan fingerprint density at radius 3 is 2.50 bits per heavy atom. The minimum atomic E-state index is 0.511. The molecule has 0 saturated carbocycles. The van der Waals surface area contributed by atoms with Crippen LogP contribution in [0.4, 0.5) is 0 Å².